The van der Waals surface area contributed by atoms with Gasteiger partial charge in [0.1, 0.15) is 11.6 Å². The predicted molar refractivity (Wildman–Crippen MR) is 104 cm³/mol. The third-order valence-electron chi connectivity index (χ3n) is 4.05. The van der Waals surface area contributed by atoms with Crippen molar-refractivity contribution in [1.82, 2.24) is 5.32 Å². The van der Waals surface area contributed by atoms with E-state index >= 15 is 0 Å². The highest BCUT2D eigenvalue weighted by Crippen LogP contribution is 2.22. The number of hydrogen-bond acceptors (Lipinski definition) is 3. The zero-order chi connectivity index (χ0) is 19.8. The zero-order valence-corrected chi connectivity index (χ0v) is 16.4. The van der Waals surface area contributed by atoms with E-state index in [0.29, 0.717) is 31.3 Å². The maximum absolute atomic E-state index is 13.1. The molecule has 1 N–H and O–H groups in total. The molecular weight excluding hydrogens is 345 g/mol. The third kappa shape index (κ3) is 6.36. The summed E-state index contributed by atoms with van der Waals surface area (Å²) in [6.45, 7) is 9.54. The van der Waals surface area contributed by atoms with E-state index in [1.165, 1.54) is 12.1 Å². The monoisotopic (exact) mass is 373 g/mol. The highest BCUT2D eigenvalue weighted by atomic mass is 19.1. The molecule has 2 aromatic rings. The molecule has 0 aromatic heterocycles. The first kappa shape index (κ1) is 20.9. The predicted octanol–water partition coefficient (Wildman–Crippen LogP) is 4.89. The molecule has 5 heteroatoms. The fourth-order valence-corrected chi connectivity index (χ4v) is 2.65. The Labute approximate surface area is 160 Å². The largest absolute Gasteiger partial charge is 0.494 e. The van der Waals surface area contributed by atoms with Crippen LogP contribution < -0.4 is 10.1 Å². The van der Waals surface area contributed by atoms with Crippen LogP contribution in [0.3, 0.4) is 0 Å². The topological polar surface area (TPSA) is 47.6 Å². The zero-order valence-electron chi connectivity index (χ0n) is 16.4. The maximum atomic E-state index is 13.1. The molecule has 0 saturated carbocycles. The quantitative estimate of drug-likeness (QED) is 0.681. The molecule has 0 fully saturated rings. The van der Waals surface area contributed by atoms with Crippen molar-refractivity contribution in [2.24, 2.45) is 5.92 Å². The van der Waals surface area contributed by atoms with E-state index < -0.39 is 0 Å². The van der Waals surface area contributed by atoms with Gasteiger partial charge in [-0.05, 0) is 55.7 Å². The molecule has 1 atom stereocenters. The van der Waals surface area contributed by atoms with Crippen LogP contribution in [-0.4, -0.2) is 19.1 Å². The maximum Gasteiger partial charge on any atom is 0.251 e. The molecule has 0 aliphatic carbocycles. The van der Waals surface area contributed by atoms with Crippen LogP contribution in [0.15, 0.2) is 42.5 Å². The van der Waals surface area contributed by atoms with Gasteiger partial charge in [0.05, 0.1) is 19.3 Å². The fourth-order valence-electron chi connectivity index (χ4n) is 2.65. The molecule has 2 rings (SSSR count). The third-order valence-corrected chi connectivity index (χ3v) is 4.05. The Bertz CT molecular complexity index is 744. The lowest BCUT2D eigenvalue weighted by atomic mass is 10.1. The van der Waals surface area contributed by atoms with Gasteiger partial charge in [-0.1, -0.05) is 26.0 Å². The van der Waals surface area contributed by atoms with Crippen LogP contribution in [-0.2, 0) is 11.3 Å². The molecule has 0 aliphatic heterocycles. The molecule has 0 unspecified atom stereocenters. The Balaban J connectivity index is 2.11. The lowest BCUT2D eigenvalue weighted by Gasteiger charge is -2.16. The normalized spacial score (nSPS) is 12.1. The second-order valence-electron chi connectivity index (χ2n) is 6.91. The number of rotatable bonds is 9. The van der Waals surface area contributed by atoms with E-state index in [1.807, 2.05) is 13.8 Å². The minimum absolute atomic E-state index is 0.194. The van der Waals surface area contributed by atoms with Gasteiger partial charge in [0.25, 0.3) is 5.91 Å². The number of hydrogen-bond donors (Lipinski definition) is 1. The highest BCUT2D eigenvalue weighted by molar-refractivity contribution is 5.94. The molecular formula is C22H28FNO3. The van der Waals surface area contributed by atoms with E-state index in [1.54, 1.807) is 30.3 Å². The molecule has 0 spiro atoms. The van der Waals surface area contributed by atoms with Crippen molar-refractivity contribution in [3.8, 4) is 5.75 Å². The molecule has 1 amide bonds. The lowest BCUT2D eigenvalue weighted by molar-refractivity contribution is 0.0928. The molecule has 0 radical (unpaired) electrons. The van der Waals surface area contributed by atoms with Crippen molar-refractivity contribution >= 4 is 5.91 Å². The number of halogens is 1. The first-order valence-corrected chi connectivity index (χ1v) is 9.30. The Hall–Kier alpha value is -2.40. The molecule has 146 valence electrons. The summed E-state index contributed by atoms with van der Waals surface area (Å²) in [7, 11) is 0. The summed E-state index contributed by atoms with van der Waals surface area (Å²) in [5, 5.41) is 2.94. The molecule has 4 nitrogen and oxygen atoms in total. The second-order valence-corrected chi connectivity index (χ2v) is 6.91. The molecule has 0 saturated heterocycles. The minimum Gasteiger partial charge on any atom is -0.494 e. The molecule has 0 bridgehead atoms. The van der Waals surface area contributed by atoms with Crippen LogP contribution in [0.4, 0.5) is 4.39 Å². The Morgan fingerprint density at radius 2 is 1.81 bits per heavy atom. The first-order chi connectivity index (χ1) is 12.9. The van der Waals surface area contributed by atoms with Crippen LogP contribution in [0.5, 0.6) is 5.75 Å². The minimum atomic E-state index is -0.296. The van der Waals surface area contributed by atoms with Gasteiger partial charge in [-0.2, -0.15) is 0 Å². The van der Waals surface area contributed by atoms with Gasteiger partial charge >= 0.3 is 0 Å². The van der Waals surface area contributed by atoms with Gasteiger partial charge in [-0.3, -0.25) is 4.79 Å². The van der Waals surface area contributed by atoms with Crippen molar-refractivity contribution in [2.45, 2.75) is 40.3 Å². The number of carbonyl (C=O) groups excluding carboxylic acids is 1. The van der Waals surface area contributed by atoms with E-state index in [9.17, 15) is 9.18 Å². The SMILES string of the molecule is CCOc1ccc(C(=O)N[C@@H](C)c2ccc(F)cc2)cc1COCC(C)C. The Kier molecular flexibility index (Phi) is 7.80. The van der Waals surface area contributed by atoms with Gasteiger partial charge in [-0.25, -0.2) is 4.39 Å². The summed E-state index contributed by atoms with van der Waals surface area (Å²) in [5.74, 6) is 0.669. The number of amides is 1. The van der Waals surface area contributed by atoms with Crippen molar-refractivity contribution in [2.75, 3.05) is 13.2 Å². The number of ether oxygens (including phenoxy) is 2. The number of carbonyl (C=O) groups is 1. The summed E-state index contributed by atoms with van der Waals surface area (Å²) < 4.78 is 24.4. The number of nitrogens with one attached hydrogen (secondary N) is 1. The van der Waals surface area contributed by atoms with Crippen LogP contribution in [0.25, 0.3) is 0 Å². The van der Waals surface area contributed by atoms with Crippen molar-refractivity contribution in [3.05, 3.63) is 65.0 Å². The highest BCUT2D eigenvalue weighted by Gasteiger charge is 2.14. The van der Waals surface area contributed by atoms with Gasteiger partial charge < -0.3 is 14.8 Å². The average molecular weight is 373 g/mol. The van der Waals surface area contributed by atoms with E-state index in [-0.39, 0.29) is 17.8 Å². The van der Waals surface area contributed by atoms with Crippen molar-refractivity contribution in [1.29, 1.82) is 0 Å². The van der Waals surface area contributed by atoms with E-state index in [0.717, 1.165) is 16.9 Å². The standard InChI is InChI=1S/C22H28FNO3/c1-5-27-21-11-8-18(12-19(21)14-26-13-15(2)3)22(25)24-16(4)17-6-9-20(23)10-7-17/h6-12,15-16H,5,13-14H2,1-4H3,(H,24,25)/t16-/m0/s1. The lowest BCUT2D eigenvalue weighted by Crippen LogP contribution is -2.26. The summed E-state index contributed by atoms with van der Waals surface area (Å²) in [4.78, 5) is 12.6. The van der Waals surface area contributed by atoms with Crippen LogP contribution in [0.2, 0.25) is 0 Å². The van der Waals surface area contributed by atoms with Gasteiger partial charge in [0, 0.05) is 17.7 Å². The van der Waals surface area contributed by atoms with E-state index in [2.05, 4.69) is 19.2 Å². The molecule has 0 heterocycles. The van der Waals surface area contributed by atoms with Gasteiger partial charge in [0.2, 0.25) is 0 Å². The van der Waals surface area contributed by atoms with Crippen molar-refractivity contribution < 1.29 is 18.7 Å². The Morgan fingerprint density at radius 3 is 2.44 bits per heavy atom. The molecule has 2 aromatic carbocycles. The summed E-state index contributed by atoms with van der Waals surface area (Å²) in [5.41, 5.74) is 2.23. The molecule has 0 aliphatic rings. The summed E-state index contributed by atoms with van der Waals surface area (Å²) >= 11 is 0. The molecule has 27 heavy (non-hydrogen) atoms. The second kappa shape index (κ2) is 10.1. The fraction of sp³-hybridized carbons (Fsp3) is 0.409. The van der Waals surface area contributed by atoms with Gasteiger partial charge in [-0.15, -0.1) is 0 Å². The summed E-state index contributed by atoms with van der Waals surface area (Å²) in [6, 6.07) is 11.2. The smallest absolute Gasteiger partial charge is 0.251 e. The van der Waals surface area contributed by atoms with Crippen LogP contribution >= 0.6 is 0 Å². The van der Waals surface area contributed by atoms with Crippen molar-refractivity contribution in [3.63, 3.8) is 0 Å². The van der Waals surface area contributed by atoms with E-state index in [4.69, 9.17) is 9.47 Å². The number of benzene rings is 2. The van der Waals surface area contributed by atoms with Crippen LogP contribution in [0.1, 0.15) is 55.2 Å². The average Bonchev–Trinajstić information content (AvgIpc) is 2.63. The van der Waals surface area contributed by atoms with Gasteiger partial charge in [0.15, 0.2) is 0 Å². The van der Waals surface area contributed by atoms with Crippen LogP contribution in [0, 0.1) is 11.7 Å². The first-order valence-electron chi connectivity index (χ1n) is 9.30. The Morgan fingerprint density at radius 1 is 1.11 bits per heavy atom. The summed E-state index contributed by atoms with van der Waals surface area (Å²) in [6.07, 6.45) is 0.